The smallest absolute Gasteiger partial charge is 0.146 e. The largest absolute Gasteiger partial charge is 0.374 e. The molecule has 1 aromatic rings. The molecule has 3 rings (SSSR count). The maximum absolute atomic E-state index is 9.33. The van der Waals surface area contributed by atoms with Gasteiger partial charge in [-0.05, 0) is 32.9 Å². The first-order valence-corrected chi connectivity index (χ1v) is 9.27. The summed E-state index contributed by atoms with van der Waals surface area (Å²) < 4.78 is 5.97. The van der Waals surface area contributed by atoms with Gasteiger partial charge in [-0.3, -0.25) is 9.80 Å². The second-order valence-electron chi connectivity index (χ2n) is 7.30. The number of rotatable bonds is 4. The molecule has 2 aliphatic heterocycles. The number of hydrogen-bond donors (Lipinski definition) is 0. The van der Waals surface area contributed by atoms with E-state index >= 15 is 0 Å². The van der Waals surface area contributed by atoms with Gasteiger partial charge in [-0.2, -0.15) is 5.26 Å². The second kappa shape index (κ2) is 8.13. The topological polar surface area (TPSA) is 55.6 Å². The molecule has 0 aliphatic carbocycles. The van der Waals surface area contributed by atoms with Gasteiger partial charge in [0.05, 0.1) is 18.3 Å². The molecule has 25 heavy (non-hydrogen) atoms. The van der Waals surface area contributed by atoms with Gasteiger partial charge in [0.2, 0.25) is 0 Å². The van der Waals surface area contributed by atoms with E-state index in [0.717, 1.165) is 63.9 Å². The van der Waals surface area contributed by atoms with Gasteiger partial charge in [0.15, 0.2) is 0 Å². The van der Waals surface area contributed by atoms with Crippen molar-refractivity contribution < 1.29 is 4.74 Å². The molecule has 0 radical (unpaired) electrons. The van der Waals surface area contributed by atoms with Crippen LogP contribution in [0.15, 0.2) is 12.1 Å². The van der Waals surface area contributed by atoms with Crippen molar-refractivity contribution in [1.29, 1.82) is 5.26 Å². The fourth-order valence-electron chi connectivity index (χ4n) is 3.62. The molecular formula is C19H29N5O. The van der Waals surface area contributed by atoms with Gasteiger partial charge < -0.3 is 9.64 Å². The van der Waals surface area contributed by atoms with Crippen LogP contribution in [0.2, 0.25) is 0 Å². The predicted molar refractivity (Wildman–Crippen MR) is 98.8 cm³/mol. The number of aryl methyl sites for hydroxylation is 1. The average molecular weight is 343 g/mol. The minimum absolute atomic E-state index is 0.300. The van der Waals surface area contributed by atoms with Crippen LogP contribution in [0.4, 0.5) is 5.82 Å². The van der Waals surface area contributed by atoms with Crippen LogP contribution >= 0.6 is 0 Å². The highest BCUT2D eigenvalue weighted by Gasteiger charge is 2.26. The quantitative estimate of drug-likeness (QED) is 0.826. The SMILES string of the molecule is Cc1ccc(C#N)c(N2CCN(C[C@@H]3CN(C(C)C)CCO3)CC2)n1. The molecule has 6 heteroatoms. The highest BCUT2D eigenvalue weighted by molar-refractivity contribution is 5.54. The number of nitriles is 1. The Hall–Kier alpha value is -1.68. The van der Waals surface area contributed by atoms with E-state index in [-0.39, 0.29) is 0 Å². The van der Waals surface area contributed by atoms with E-state index in [9.17, 15) is 5.26 Å². The Balaban J connectivity index is 1.54. The van der Waals surface area contributed by atoms with E-state index in [4.69, 9.17) is 4.74 Å². The summed E-state index contributed by atoms with van der Waals surface area (Å²) in [5.74, 6) is 0.835. The fraction of sp³-hybridized carbons (Fsp3) is 0.684. The van der Waals surface area contributed by atoms with Crippen molar-refractivity contribution in [2.45, 2.75) is 32.9 Å². The highest BCUT2D eigenvalue weighted by Crippen LogP contribution is 2.20. The van der Waals surface area contributed by atoms with Crippen LogP contribution in [-0.4, -0.2) is 79.3 Å². The number of hydrogen-bond acceptors (Lipinski definition) is 6. The highest BCUT2D eigenvalue weighted by atomic mass is 16.5. The van der Waals surface area contributed by atoms with Crippen molar-refractivity contribution in [3.63, 3.8) is 0 Å². The van der Waals surface area contributed by atoms with Gasteiger partial charge in [-0.1, -0.05) is 0 Å². The standard InChI is InChI=1S/C19H29N5O/c1-15(2)24-10-11-25-18(14-24)13-22-6-8-23(9-7-22)19-17(12-20)5-4-16(3)21-19/h4-5,15,18H,6-11,13-14H2,1-3H3/t18-/m1/s1. The van der Waals surface area contributed by atoms with Gasteiger partial charge in [-0.25, -0.2) is 4.98 Å². The van der Waals surface area contributed by atoms with E-state index in [1.54, 1.807) is 0 Å². The number of aromatic nitrogens is 1. The van der Waals surface area contributed by atoms with Crippen molar-refractivity contribution >= 4 is 5.82 Å². The molecule has 0 spiro atoms. The number of anilines is 1. The third-order valence-electron chi connectivity index (χ3n) is 5.17. The van der Waals surface area contributed by atoms with Crippen LogP contribution < -0.4 is 4.90 Å². The summed E-state index contributed by atoms with van der Waals surface area (Å²) in [5.41, 5.74) is 1.63. The molecule has 0 unspecified atom stereocenters. The molecule has 0 amide bonds. The van der Waals surface area contributed by atoms with Crippen LogP contribution in [0.5, 0.6) is 0 Å². The zero-order valence-corrected chi connectivity index (χ0v) is 15.6. The van der Waals surface area contributed by atoms with E-state index in [1.807, 2.05) is 19.1 Å². The van der Waals surface area contributed by atoms with Crippen molar-refractivity contribution in [2.24, 2.45) is 0 Å². The lowest BCUT2D eigenvalue weighted by Crippen LogP contribution is -2.53. The van der Waals surface area contributed by atoms with Gasteiger partial charge in [0.1, 0.15) is 11.9 Å². The van der Waals surface area contributed by atoms with Crippen molar-refractivity contribution in [1.82, 2.24) is 14.8 Å². The third-order valence-corrected chi connectivity index (χ3v) is 5.17. The first kappa shape index (κ1) is 18.1. The molecule has 6 nitrogen and oxygen atoms in total. The number of pyridine rings is 1. The Kier molecular flexibility index (Phi) is 5.89. The van der Waals surface area contributed by atoms with Crippen LogP contribution in [0.3, 0.4) is 0 Å². The second-order valence-corrected chi connectivity index (χ2v) is 7.30. The van der Waals surface area contributed by atoms with Gasteiger partial charge in [0.25, 0.3) is 0 Å². The summed E-state index contributed by atoms with van der Waals surface area (Å²) in [7, 11) is 0. The van der Waals surface area contributed by atoms with Gasteiger partial charge in [0, 0.05) is 57.5 Å². The predicted octanol–water partition coefficient (Wildman–Crippen LogP) is 1.49. The molecule has 1 aromatic heterocycles. The summed E-state index contributed by atoms with van der Waals surface area (Å²) in [6.07, 6.45) is 0.300. The maximum atomic E-state index is 9.33. The average Bonchev–Trinajstić information content (AvgIpc) is 2.62. The monoisotopic (exact) mass is 343 g/mol. The minimum Gasteiger partial charge on any atom is -0.374 e. The van der Waals surface area contributed by atoms with Crippen molar-refractivity contribution in [3.05, 3.63) is 23.4 Å². The zero-order valence-electron chi connectivity index (χ0n) is 15.6. The Morgan fingerprint density at radius 1 is 1.24 bits per heavy atom. The van der Waals surface area contributed by atoms with E-state index in [0.29, 0.717) is 17.7 Å². The first-order chi connectivity index (χ1) is 12.1. The summed E-state index contributed by atoms with van der Waals surface area (Å²) in [6.45, 7) is 14.2. The number of piperazine rings is 1. The fourth-order valence-corrected chi connectivity index (χ4v) is 3.62. The molecule has 136 valence electrons. The van der Waals surface area contributed by atoms with Crippen LogP contribution in [0.25, 0.3) is 0 Å². The van der Waals surface area contributed by atoms with E-state index in [2.05, 4.69) is 39.6 Å². The Morgan fingerprint density at radius 3 is 2.68 bits per heavy atom. The minimum atomic E-state index is 0.300. The lowest BCUT2D eigenvalue weighted by Gasteiger charge is -2.40. The molecule has 2 aliphatic rings. The third kappa shape index (κ3) is 4.49. The van der Waals surface area contributed by atoms with Crippen molar-refractivity contribution in [2.75, 3.05) is 57.3 Å². The lowest BCUT2D eigenvalue weighted by molar-refractivity contribution is -0.0525. The van der Waals surface area contributed by atoms with Gasteiger partial charge >= 0.3 is 0 Å². The first-order valence-electron chi connectivity index (χ1n) is 9.27. The molecule has 2 fully saturated rings. The number of nitrogens with zero attached hydrogens (tertiary/aromatic N) is 5. The molecule has 2 saturated heterocycles. The summed E-state index contributed by atoms with van der Waals surface area (Å²) in [4.78, 5) is 11.8. The van der Waals surface area contributed by atoms with E-state index < -0.39 is 0 Å². The molecule has 0 bridgehead atoms. The van der Waals surface area contributed by atoms with Crippen LogP contribution in [-0.2, 0) is 4.74 Å². The van der Waals surface area contributed by atoms with Crippen molar-refractivity contribution in [3.8, 4) is 6.07 Å². The van der Waals surface area contributed by atoms with E-state index in [1.165, 1.54) is 0 Å². The zero-order chi connectivity index (χ0) is 17.8. The molecule has 0 aromatic carbocycles. The summed E-state index contributed by atoms with van der Waals surface area (Å²) in [6, 6.07) is 6.63. The molecule has 0 saturated carbocycles. The van der Waals surface area contributed by atoms with Crippen LogP contribution in [0, 0.1) is 18.3 Å². The lowest BCUT2D eigenvalue weighted by atomic mass is 10.2. The van der Waals surface area contributed by atoms with Gasteiger partial charge in [-0.15, -0.1) is 0 Å². The maximum Gasteiger partial charge on any atom is 0.146 e. The molecular weight excluding hydrogens is 314 g/mol. The molecule has 0 N–H and O–H groups in total. The summed E-state index contributed by atoms with van der Waals surface area (Å²) >= 11 is 0. The van der Waals surface area contributed by atoms with Crippen LogP contribution in [0.1, 0.15) is 25.1 Å². The molecule has 3 heterocycles. The number of morpholine rings is 1. The normalized spacial score (nSPS) is 23.0. The Labute approximate surface area is 151 Å². The Morgan fingerprint density at radius 2 is 2.00 bits per heavy atom. The number of ether oxygens (including phenoxy) is 1. The summed E-state index contributed by atoms with van der Waals surface area (Å²) in [5, 5.41) is 9.33. The molecule has 1 atom stereocenters. The Bertz CT molecular complexity index is 619.